The first kappa shape index (κ1) is 47.5. The number of rotatable bonds is 23. The summed E-state index contributed by atoms with van der Waals surface area (Å²) in [4.78, 5) is 14.3. The zero-order chi connectivity index (χ0) is 30.8. The minimum atomic E-state index is -4.30. The molecule has 0 atom stereocenters. The molecular weight excluding hydrogens is 617 g/mol. The van der Waals surface area contributed by atoms with E-state index in [-0.39, 0.29) is 57.3 Å². The van der Waals surface area contributed by atoms with Crippen molar-refractivity contribution in [2.75, 3.05) is 29.5 Å². The molecule has 0 saturated heterocycles. The summed E-state index contributed by atoms with van der Waals surface area (Å²) in [5, 5.41) is 0. The summed E-state index contributed by atoms with van der Waals surface area (Å²) in [5.41, 5.74) is 0.0933. The molecule has 0 aliphatic rings. The number of benzene rings is 1. The van der Waals surface area contributed by atoms with Gasteiger partial charge in [0.15, 0.2) is 0 Å². The summed E-state index contributed by atoms with van der Waals surface area (Å²) in [6, 6.07) is 6.68. The second kappa shape index (κ2) is 25.2. The molecule has 13 heteroatoms. The molecule has 0 spiro atoms. The van der Waals surface area contributed by atoms with E-state index in [9.17, 15) is 30.7 Å². The van der Waals surface area contributed by atoms with Gasteiger partial charge in [-0.15, -0.1) is 0 Å². The zero-order valence-corrected chi connectivity index (χ0v) is 29.6. The number of ether oxygens (including phenoxy) is 2. The number of nitrogens with zero attached hydrogens (tertiary/aromatic N) is 1. The minimum absolute atomic E-state index is 0. The molecule has 0 fully saturated rings. The normalized spacial score (nSPS) is 11.5. The Kier molecular flexibility index (Phi) is 27.2. The van der Waals surface area contributed by atoms with Crippen LogP contribution in [-0.4, -0.2) is 62.3 Å². The number of hydrogen-bond acceptors (Lipinski definition) is 10. The topological polar surface area (TPSA) is 153 Å². The van der Waals surface area contributed by atoms with Gasteiger partial charge in [0.25, 0.3) is 0 Å². The zero-order valence-electron chi connectivity index (χ0n) is 26.0. The Bertz CT molecular complexity index is 1040. The van der Waals surface area contributed by atoms with E-state index < -0.39 is 43.5 Å². The Morgan fingerprint density at radius 2 is 1.16 bits per heavy atom. The van der Waals surface area contributed by atoms with Crippen molar-refractivity contribution < 1.29 is 69.8 Å². The molecule has 0 saturated carbocycles. The van der Waals surface area contributed by atoms with Gasteiger partial charge in [0.2, 0.25) is 0 Å². The molecule has 0 aromatic heterocycles. The maximum atomic E-state index is 12.4. The van der Waals surface area contributed by atoms with Gasteiger partial charge in [-0.1, -0.05) is 73.1 Å². The number of hydrogen-bond donors (Lipinski definition) is 0. The van der Waals surface area contributed by atoms with Crippen LogP contribution in [-0.2, 0) is 25.0 Å². The van der Waals surface area contributed by atoms with E-state index in [0.29, 0.717) is 31.7 Å². The molecule has 10 nitrogen and oxygen atoms in total. The van der Waals surface area contributed by atoms with Crippen LogP contribution in [0, 0.1) is 0 Å². The molecule has 0 aliphatic carbocycles. The molecule has 0 unspecified atom stereocenters. The van der Waals surface area contributed by atoms with Gasteiger partial charge in [0, 0.05) is 30.3 Å². The molecule has 0 radical (unpaired) electrons. The Hall–Kier alpha value is -0.890. The summed E-state index contributed by atoms with van der Waals surface area (Å²) >= 11 is 0. The molecule has 0 bridgehead atoms. The summed E-state index contributed by atoms with van der Waals surface area (Å²) in [7, 11) is -8.60. The molecule has 0 aliphatic heterocycles. The van der Waals surface area contributed by atoms with Crippen LogP contribution in [0.4, 0.5) is 10.5 Å². The number of carbonyl (C=O) groups is 1. The van der Waals surface area contributed by atoms with Gasteiger partial charge in [-0.05, 0) is 76.6 Å². The van der Waals surface area contributed by atoms with Crippen molar-refractivity contribution in [3.8, 4) is 5.75 Å². The fourth-order valence-electron chi connectivity index (χ4n) is 4.51. The first-order chi connectivity index (χ1) is 19.2. The predicted molar refractivity (Wildman–Crippen MR) is 173 cm³/mol. The molecule has 254 valence electrons. The molecule has 0 N–H and O–H groups in total. The Morgan fingerprint density at radius 3 is 1.59 bits per heavy atom. The van der Waals surface area contributed by atoms with Crippen LogP contribution in [0.5, 0.6) is 5.75 Å². The average molecular weight is 675 g/mol. The summed E-state index contributed by atoms with van der Waals surface area (Å²) in [5.74, 6) is -0.619. The van der Waals surface area contributed by atoms with E-state index >= 15 is 0 Å². The molecule has 0 amide bonds. The van der Waals surface area contributed by atoms with Crippen molar-refractivity contribution in [2.24, 2.45) is 0 Å². The van der Waals surface area contributed by atoms with Crippen molar-refractivity contribution in [3.05, 3.63) is 24.3 Å². The third-order valence-electron chi connectivity index (χ3n) is 6.79. The molecule has 1 aromatic carbocycles. The van der Waals surface area contributed by atoms with Gasteiger partial charge >= 0.3 is 35.7 Å². The predicted octanol–water partition coefficient (Wildman–Crippen LogP) is 4.63. The molecular formula is C31H57NNaO9S2-. The van der Waals surface area contributed by atoms with Crippen LogP contribution in [0.15, 0.2) is 24.3 Å². The maximum Gasteiger partial charge on any atom is 1.00 e. The van der Waals surface area contributed by atoms with Gasteiger partial charge < -0.3 is 23.5 Å². The Balaban J connectivity index is -0.00000560. The van der Waals surface area contributed by atoms with Gasteiger partial charge in [-0.2, -0.15) is 0 Å². The largest absolute Gasteiger partial charge is 1.00 e. The van der Waals surface area contributed by atoms with E-state index in [4.69, 9.17) is 9.47 Å². The first-order valence-electron chi connectivity index (χ1n) is 14.8. The molecule has 44 heavy (non-hydrogen) atoms. The van der Waals surface area contributed by atoms with Crippen LogP contribution < -0.4 is 39.2 Å². The fraction of sp³-hybridized carbons (Fsp3) is 0.774. The van der Waals surface area contributed by atoms with Crippen molar-refractivity contribution in [1.82, 2.24) is 0 Å². The molecule has 1 rings (SSSR count). The quantitative estimate of drug-likeness (QED) is 0.0528. The second-order valence-corrected chi connectivity index (χ2v) is 14.3. The van der Waals surface area contributed by atoms with Crippen LogP contribution in [0.2, 0.25) is 0 Å². The standard InChI is InChI=1S/C29H51NO9S2.2CH4.Na/c1-4-5-6-7-8-9-10-11-12-21-29(2,3)39-28(31)38-27-19-17-26(18-20-27)30(22-13-15-24-40(32,33)34)23-14-16-25-41(35,36)37;;;/h17-20H,4-16,21-25H2,1-3H3,(H,32,33,34)(H,35,36,37);2*1H4;/q;;;+1/p-2. The fourth-order valence-corrected chi connectivity index (χ4v) is 5.63. The molecule has 0 heterocycles. The van der Waals surface area contributed by atoms with Gasteiger partial charge in [0.1, 0.15) is 11.4 Å². The van der Waals surface area contributed by atoms with Gasteiger partial charge in [-0.25, -0.2) is 21.6 Å². The third-order valence-corrected chi connectivity index (χ3v) is 8.37. The van der Waals surface area contributed by atoms with E-state index in [1.54, 1.807) is 24.3 Å². The summed E-state index contributed by atoms with van der Waals surface area (Å²) < 4.78 is 76.2. The van der Waals surface area contributed by atoms with E-state index in [1.807, 2.05) is 18.7 Å². The van der Waals surface area contributed by atoms with Crippen molar-refractivity contribution in [1.29, 1.82) is 0 Å². The van der Waals surface area contributed by atoms with Crippen LogP contribution in [0.1, 0.15) is 126 Å². The van der Waals surface area contributed by atoms with E-state index in [2.05, 4.69) is 6.92 Å². The number of anilines is 1. The maximum absolute atomic E-state index is 12.4. The van der Waals surface area contributed by atoms with Crippen LogP contribution >= 0.6 is 0 Å². The van der Waals surface area contributed by atoms with Crippen LogP contribution in [0.25, 0.3) is 0 Å². The average Bonchev–Trinajstić information content (AvgIpc) is 2.85. The smallest absolute Gasteiger partial charge is 0.748 e. The number of carbonyl (C=O) groups excluding carboxylic acids is 1. The van der Waals surface area contributed by atoms with Crippen molar-refractivity contribution in [3.63, 3.8) is 0 Å². The molecule has 1 aromatic rings. The minimum Gasteiger partial charge on any atom is -0.748 e. The van der Waals surface area contributed by atoms with E-state index in [0.717, 1.165) is 24.9 Å². The van der Waals surface area contributed by atoms with Gasteiger partial charge in [0.05, 0.1) is 20.2 Å². The first-order valence-corrected chi connectivity index (χ1v) is 18.0. The third kappa shape index (κ3) is 26.3. The SMILES string of the molecule is C.C.CCCCCCCCCCCC(C)(C)OC(=O)Oc1ccc(N(CCCCS(=O)(=O)[O-])CCCCS(=O)(=O)[O-])cc1.[Na+]. The summed E-state index contributed by atoms with van der Waals surface area (Å²) in [6.45, 7) is 6.81. The Morgan fingerprint density at radius 1 is 0.727 bits per heavy atom. The Labute approximate surface area is 290 Å². The van der Waals surface area contributed by atoms with Crippen molar-refractivity contribution in [2.45, 2.75) is 131 Å². The van der Waals surface area contributed by atoms with Gasteiger partial charge in [-0.3, -0.25) is 0 Å². The number of unbranched alkanes of at least 4 members (excludes halogenated alkanes) is 10. The second-order valence-electron chi connectivity index (χ2n) is 11.2. The van der Waals surface area contributed by atoms with Crippen LogP contribution in [0.3, 0.4) is 0 Å². The van der Waals surface area contributed by atoms with E-state index in [1.165, 1.54) is 44.9 Å². The monoisotopic (exact) mass is 674 g/mol. The van der Waals surface area contributed by atoms with Crippen molar-refractivity contribution >= 4 is 32.1 Å². The summed E-state index contributed by atoms with van der Waals surface area (Å²) in [6.07, 6.45) is 12.2.